The molecule has 0 radical (unpaired) electrons. The summed E-state index contributed by atoms with van der Waals surface area (Å²) in [5, 5.41) is 11.6. The van der Waals surface area contributed by atoms with Gasteiger partial charge in [0.05, 0.1) is 20.4 Å². The molecule has 0 aliphatic heterocycles. The third kappa shape index (κ3) is 2.55. The molecule has 0 spiro atoms. The standard InChI is InChI=1S/C15H14N2O3S/c1-19-12-8-16-13(15(17-12)20-2)14(18)11-7-9-5-3-4-6-10(9)21-11/h3-8,14,18H,1-2H3. The molecular formula is C15H14N2O3S. The van der Waals surface area contributed by atoms with Crippen LogP contribution in [0.5, 0.6) is 11.8 Å². The van der Waals surface area contributed by atoms with Gasteiger partial charge in [-0.05, 0) is 17.5 Å². The van der Waals surface area contributed by atoms with E-state index in [1.807, 2.05) is 30.3 Å². The Kier molecular flexibility index (Phi) is 3.72. The van der Waals surface area contributed by atoms with Gasteiger partial charge < -0.3 is 14.6 Å². The summed E-state index contributed by atoms with van der Waals surface area (Å²) in [4.78, 5) is 9.16. The molecule has 3 rings (SSSR count). The fraction of sp³-hybridized carbons (Fsp3) is 0.200. The smallest absolute Gasteiger partial charge is 0.241 e. The molecule has 0 aliphatic rings. The number of aromatic nitrogens is 2. The minimum Gasteiger partial charge on any atom is -0.480 e. The maximum Gasteiger partial charge on any atom is 0.241 e. The Morgan fingerprint density at radius 3 is 2.71 bits per heavy atom. The van der Waals surface area contributed by atoms with E-state index >= 15 is 0 Å². The normalized spacial score (nSPS) is 12.3. The Balaban J connectivity index is 2.02. The number of thiophene rings is 1. The summed E-state index contributed by atoms with van der Waals surface area (Å²) < 4.78 is 11.3. The second-order valence-electron chi connectivity index (χ2n) is 4.40. The topological polar surface area (TPSA) is 64.5 Å². The molecule has 0 saturated carbocycles. The lowest BCUT2D eigenvalue weighted by Gasteiger charge is -2.12. The van der Waals surface area contributed by atoms with Crippen molar-refractivity contribution in [1.82, 2.24) is 9.97 Å². The van der Waals surface area contributed by atoms with E-state index in [1.165, 1.54) is 31.8 Å². The van der Waals surface area contributed by atoms with E-state index in [-0.39, 0.29) is 5.88 Å². The van der Waals surface area contributed by atoms with E-state index in [1.54, 1.807) is 0 Å². The molecule has 0 bridgehead atoms. The second kappa shape index (κ2) is 5.67. The fourth-order valence-electron chi connectivity index (χ4n) is 2.07. The molecule has 3 aromatic rings. The lowest BCUT2D eigenvalue weighted by molar-refractivity contribution is 0.210. The number of nitrogens with zero attached hydrogens (tertiary/aromatic N) is 2. The van der Waals surface area contributed by atoms with Crippen molar-refractivity contribution in [3.8, 4) is 11.8 Å². The summed E-state index contributed by atoms with van der Waals surface area (Å²) in [7, 11) is 3.00. The van der Waals surface area contributed by atoms with Gasteiger partial charge in [0, 0.05) is 9.58 Å². The highest BCUT2D eigenvalue weighted by Crippen LogP contribution is 2.35. The van der Waals surface area contributed by atoms with E-state index in [0.717, 1.165) is 15.0 Å². The first-order valence-electron chi connectivity index (χ1n) is 6.34. The van der Waals surface area contributed by atoms with Crippen molar-refractivity contribution in [3.05, 3.63) is 47.1 Å². The average molecular weight is 302 g/mol. The zero-order chi connectivity index (χ0) is 14.8. The Labute approximate surface area is 125 Å². The number of methoxy groups -OCH3 is 2. The largest absolute Gasteiger partial charge is 0.480 e. The zero-order valence-corrected chi connectivity index (χ0v) is 12.4. The van der Waals surface area contributed by atoms with Crippen LogP contribution in [0.4, 0.5) is 0 Å². The van der Waals surface area contributed by atoms with Crippen molar-refractivity contribution < 1.29 is 14.6 Å². The van der Waals surface area contributed by atoms with Crippen LogP contribution >= 0.6 is 11.3 Å². The molecule has 0 fully saturated rings. The quantitative estimate of drug-likeness (QED) is 0.803. The SMILES string of the molecule is COc1cnc(C(O)c2cc3ccccc3s2)c(OC)n1. The molecule has 6 heteroatoms. The molecule has 0 saturated heterocycles. The zero-order valence-electron chi connectivity index (χ0n) is 11.6. The first-order chi connectivity index (χ1) is 10.2. The molecule has 0 aliphatic carbocycles. The number of hydrogen-bond donors (Lipinski definition) is 1. The molecule has 1 aromatic carbocycles. The van der Waals surface area contributed by atoms with Crippen LogP contribution in [0.1, 0.15) is 16.7 Å². The molecule has 5 nitrogen and oxygen atoms in total. The molecular weight excluding hydrogens is 288 g/mol. The summed E-state index contributed by atoms with van der Waals surface area (Å²) in [6, 6.07) is 9.93. The predicted molar refractivity (Wildman–Crippen MR) is 81.0 cm³/mol. The summed E-state index contributed by atoms with van der Waals surface area (Å²) in [6.07, 6.45) is 0.588. The van der Waals surface area contributed by atoms with Crippen molar-refractivity contribution in [2.45, 2.75) is 6.10 Å². The maximum absolute atomic E-state index is 10.6. The van der Waals surface area contributed by atoms with E-state index in [9.17, 15) is 5.11 Å². The summed E-state index contributed by atoms with van der Waals surface area (Å²) in [5.41, 5.74) is 0.379. The number of rotatable bonds is 4. The van der Waals surface area contributed by atoms with Gasteiger partial charge in [-0.25, -0.2) is 4.98 Å². The summed E-state index contributed by atoms with van der Waals surface area (Å²) >= 11 is 1.52. The lowest BCUT2D eigenvalue weighted by Crippen LogP contribution is -2.06. The van der Waals surface area contributed by atoms with Crippen LogP contribution in [0.15, 0.2) is 36.5 Å². The van der Waals surface area contributed by atoms with E-state index in [4.69, 9.17) is 9.47 Å². The third-order valence-corrected chi connectivity index (χ3v) is 4.29. The van der Waals surface area contributed by atoms with Crippen molar-refractivity contribution in [1.29, 1.82) is 0 Å². The summed E-state index contributed by atoms with van der Waals surface area (Å²) in [5.74, 6) is 0.610. The first kappa shape index (κ1) is 13.8. The van der Waals surface area contributed by atoms with Crippen LogP contribution in [0.2, 0.25) is 0 Å². The molecule has 1 atom stereocenters. The van der Waals surface area contributed by atoms with E-state index in [0.29, 0.717) is 11.6 Å². The van der Waals surface area contributed by atoms with Crippen LogP contribution < -0.4 is 9.47 Å². The van der Waals surface area contributed by atoms with Gasteiger partial charge in [0.15, 0.2) is 0 Å². The maximum atomic E-state index is 10.6. The minimum absolute atomic E-state index is 0.263. The second-order valence-corrected chi connectivity index (χ2v) is 5.51. The van der Waals surface area contributed by atoms with Gasteiger partial charge in [-0.1, -0.05) is 18.2 Å². The van der Waals surface area contributed by atoms with Gasteiger partial charge in [-0.3, -0.25) is 0 Å². The van der Waals surface area contributed by atoms with Gasteiger partial charge in [0.2, 0.25) is 11.8 Å². The lowest BCUT2D eigenvalue weighted by atomic mass is 10.2. The predicted octanol–water partition coefficient (Wildman–Crippen LogP) is 2.79. The highest BCUT2D eigenvalue weighted by atomic mass is 32.1. The van der Waals surface area contributed by atoms with Crippen LogP contribution in [0.25, 0.3) is 10.1 Å². The van der Waals surface area contributed by atoms with Crippen LogP contribution in [-0.2, 0) is 0 Å². The van der Waals surface area contributed by atoms with Crippen molar-refractivity contribution in [2.24, 2.45) is 0 Å². The Bertz CT molecular complexity index is 739. The average Bonchev–Trinajstić information content (AvgIpc) is 2.97. The monoisotopic (exact) mass is 302 g/mol. The Hall–Kier alpha value is -2.18. The van der Waals surface area contributed by atoms with Crippen LogP contribution in [-0.4, -0.2) is 29.3 Å². The number of benzene rings is 1. The third-order valence-electron chi connectivity index (χ3n) is 3.12. The number of hydrogen-bond acceptors (Lipinski definition) is 6. The van der Waals surface area contributed by atoms with Crippen molar-refractivity contribution in [2.75, 3.05) is 14.2 Å². The van der Waals surface area contributed by atoms with Gasteiger partial charge >= 0.3 is 0 Å². The van der Waals surface area contributed by atoms with E-state index in [2.05, 4.69) is 9.97 Å². The number of aliphatic hydroxyl groups is 1. The molecule has 1 N–H and O–H groups in total. The highest BCUT2D eigenvalue weighted by molar-refractivity contribution is 7.19. The minimum atomic E-state index is -0.879. The molecule has 1 unspecified atom stereocenters. The van der Waals surface area contributed by atoms with Crippen molar-refractivity contribution >= 4 is 21.4 Å². The molecule has 21 heavy (non-hydrogen) atoms. The van der Waals surface area contributed by atoms with Gasteiger partial charge in [-0.15, -0.1) is 11.3 Å². The first-order valence-corrected chi connectivity index (χ1v) is 7.16. The molecule has 108 valence electrons. The van der Waals surface area contributed by atoms with Crippen molar-refractivity contribution in [3.63, 3.8) is 0 Å². The van der Waals surface area contributed by atoms with Gasteiger partial charge in [0.25, 0.3) is 0 Å². The number of fused-ring (bicyclic) bond motifs is 1. The van der Waals surface area contributed by atoms with Gasteiger partial charge in [-0.2, -0.15) is 4.98 Å². The summed E-state index contributed by atoms with van der Waals surface area (Å²) in [6.45, 7) is 0. The molecule has 0 amide bonds. The Morgan fingerprint density at radius 1 is 1.19 bits per heavy atom. The van der Waals surface area contributed by atoms with E-state index < -0.39 is 6.10 Å². The molecule has 2 heterocycles. The van der Waals surface area contributed by atoms with Crippen LogP contribution in [0, 0.1) is 0 Å². The number of ether oxygens (including phenoxy) is 2. The highest BCUT2D eigenvalue weighted by Gasteiger charge is 2.21. The number of aliphatic hydroxyl groups excluding tert-OH is 1. The van der Waals surface area contributed by atoms with Crippen LogP contribution in [0.3, 0.4) is 0 Å². The molecule has 2 aromatic heterocycles. The Morgan fingerprint density at radius 2 is 2.00 bits per heavy atom. The van der Waals surface area contributed by atoms with Gasteiger partial charge in [0.1, 0.15) is 11.8 Å². The fourth-order valence-corrected chi connectivity index (χ4v) is 3.13.